The molecule has 0 spiro atoms. The Kier molecular flexibility index (Phi) is 4.62. The van der Waals surface area contributed by atoms with Crippen LogP contribution in [0.5, 0.6) is 0 Å². The van der Waals surface area contributed by atoms with Crippen LogP contribution in [-0.4, -0.2) is 23.2 Å². The highest BCUT2D eigenvalue weighted by molar-refractivity contribution is 6.25. The highest BCUT2D eigenvalue weighted by Crippen LogP contribution is 2.30. The fourth-order valence-corrected chi connectivity index (χ4v) is 0.936. The summed E-state index contributed by atoms with van der Waals surface area (Å²) in [6.07, 6.45) is 1.74. The van der Waals surface area contributed by atoms with Crippen molar-refractivity contribution in [3.05, 3.63) is 11.6 Å². The van der Waals surface area contributed by atoms with Gasteiger partial charge in [-0.2, -0.15) is 0 Å². The second kappa shape index (κ2) is 4.80. The maximum atomic E-state index is 11.0. The van der Waals surface area contributed by atoms with E-state index < -0.39 is 16.9 Å². The highest BCUT2D eigenvalue weighted by Gasteiger charge is 2.42. The smallest absolute Gasteiger partial charge is 0.310 e. The molecule has 0 aromatic rings. The van der Waals surface area contributed by atoms with Gasteiger partial charge in [-0.25, -0.2) is 0 Å². The van der Waals surface area contributed by atoms with Crippen molar-refractivity contribution in [2.75, 3.05) is 6.54 Å². The van der Waals surface area contributed by atoms with Crippen molar-refractivity contribution in [2.24, 2.45) is 5.41 Å². The third-order valence-corrected chi connectivity index (χ3v) is 3.03. The van der Waals surface area contributed by atoms with Gasteiger partial charge >= 0.3 is 5.97 Å². The zero-order valence-electron chi connectivity index (χ0n) is 9.10. The molecule has 0 heterocycles. The molecule has 0 aromatic carbocycles. The number of aliphatic carboxylic acids is 1. The summed E-state index contributed by atoms with van der Waals surface area (Å²) >= 11 is 5.37. The Balaban J connectivity index is 4.51. The summed E-state index contributed by atoms with van der Waals surface area (Å²) in [5, 5.41) is 12.2. The number of hydrogen-bond donors (Lipinski definition) is 2. The number of nitrogens with one attached hydrogen (secondary N) is 1. The molecular weight excluding hydrogens is 202 g/mol. The Morgan fingerprint density at radius 2 is 1.93 bits per heavy atom. The molecule has 0 amide bonds. The lowest BCUT2D eigenvalue weighted by molar-refractivity contribution is -0.151. The first-order valence-electron chi connectivity index (χ1n) is 4.49. The van der Waals surface area contributed by atoms with E-state index in [1.165, 1.54) is 5.54 Å². The summed E-state index contributed by atoms with van der Waals surface area (Å²) in [6.45, 7) is 7.69. The maximum Gasteiger partial charge on any atom is 0.310 e. The van der Waals surface area contributed by atoms with Crippen LogP contribution in [0.2, 0.25) is 0 Å². The number of carboxylic acid groups (broad SMARTS) is 1. The quantitative estimate of drug-likeness (QED) is 0.746. The minimum Gasteiger partial charge on any atom is -0.481 e. The SMILES string of the molecule is CC(C)(NCC=CCl)C(C)(C)C(=O)O. The number of rotatable bonds is 5. The predicted molar refractivity (Wildman–Crippen MR) is 58.5 cm³/mol. The molecule has 0 fully saturated rings. The van der Waals surface area contributed by atoms with E-state index in [-0.39, 0.29) is 0 Å². The van der Waals surface area contributed by atoms with Crippen molar-refractivity contribution in [3.8, 4) is 0 Å². The predicted octanol–water partition coefficient (Wildman–Crippen LogP) is 2.22. The molecule has 0 aliphatic rings. The van der Waals surface area contributed by atoms with E-state index in [2.05, 4.69) is 5.32 Å². The lowest BCUT2D eigenvalue weighted by Crippen LogP contribution is -2.55. The molecule has 0 unspecified atom stereocenters. The van der Waals surface area contributed by atoms with Gasteiger partial charge in [0.2, 0.25) is 0 Å². The molecule has 3 nitrogen and oxygen atoms in total. The van der Waals surface area contributed by atoms with Gasteiger partial charge in [-0.3, -0.25) is 4.79 Å². The fraction of sp³-hybridized carbons (Fsp3) is 0.700. The van der Waals surface area contributed by atoms with Crippen LogP contribution in [0.25, 0.3) is 0 Å². The van der Waals surface area contributed by atoms with Gasteiger partial charge in [-0.05, 0) is 27.7 Å². The second-order valence-electron chi connectivity index (χ2n) is 4.30. The lowest BCUT2D eigenvalue weighted by atomic mass is 9.74. The van der Waals surface area contributed by atoms with Gasteiger partial charge in [-0.1, -0.05) is 17.7 Å². The molecule has 0 radical (unpaired) electrons. The monoisotopic (exact) mass is 219 g/mol. The molecule has 0 aliphatic carbocycles. The Bertz CT molecular complexity index is 234. The lowest BCUT2D eigenvalue weighted by Gasteiger charge is -2.38. The molecule has 0 bridgehead atoms. The Labute approximate surface area is 90.1 Å². The van der Waals surface area contributed by atoms with Crippen LogP contribution in [0, 0.1) is 5.41 Å². The fourth-order valence-electron chi connectivity index (χ4n) is 0.847. The highest BCUT2D eigenvalue weighted by atomic mass is 35.5. The average Bonchev–Trinajstić information content (AvgIpc) is 2.04. The Morgan fingerprint density at radius 3 is 2.29 bits per heavy atom. The van der Waals surface area contributed by atoms with Gasteiger partial charge in [0.25, 0.3) is 0 Å². The van der Waals surface area contributed by atoms with Crippen molar-refractivity contribution in [2.45, 2.75) is 33.2 Å². The zero-order chi connectivity index (χ0) is 11.4. The first kappa shape index (κ1) is 13.5. The van der Waals surface area contributed by atoms with Gasteiger partial charge in [0, 0.05) is 17.6 Å². The second-order valence-corrected chi connectivity index (χ2v) is 4.55. The van der Waals surface area contributed by atoms with E-state index in [0.717, 1.165) is 0 Å². The van der Waals surface area contributed by atoms with Gasteiger partial charge < -0.3 is 10.4 Å². The Hall–Kier alpha value is -0.540. The van der Waals surface area contributed by atoms with Crippen molar-refractivity contribution < 1.29 is 9.90 Å². The largest absolute Gasteiger partial charge is 0.481 e. The van der Waals surface area contributed by atoms with Gasteiger partial charge in [0.05, 0.1) is 5.41 Å². The molecule has 0 aromatic heterocycles. The zero-order valence-corrected chi connectivity index (χ0v) is 9.85. The van der Waals surface area contributed by atoms with Crippen LogP contribution in [0.1, 0.15) is 27.7 Å². The first-order chi connectivity index (χ1) is 6.25. The van der Waals surface area contributed by atoms with Crippen molar-refractivity contribution in [3.63, 3.8) is 0 Å². The molecule has 0 atom stereocenters. The molecule has 2 N–H and O–H groups in total. The van der Waals surface area contributed by atoms with Gasteiger partial charge in [0.15, 0.2) is 0 Å². The van der Waals surface area contributed by atoms with Crippen molar-refractivity contribution >= 4 is 17.6 Å². The topological polar surface area (TPSA) is 49.3 Å². The van der Waals surface area contributed by atoms with E-state index >= 15 is 0 Å². The van der Waals surface area contributed by atoms with Crippen LogP contribution in [0.15, 0.2) is 11.6 Å². The van der Waals surface area contributed by atoms with E-state index in [1.54, 1.807) is 19.9 Å². The van der Waals surface area contributed by atoms with Crippen LogP contribution < -0.4 is 5.32 Å². The third-order valence-electron chi connectivity index (χ3n) is 2.85. The molecule has 82 valence electrons. The summed E-state index contributed by atoms with van der Waals surface area (Å²) in [6, 6.07) is 0. The molecule has 0 saturated carbocycles. The molecule has 0 aliphatic heterocycles. The van der Waals surface area contributed by atoms with E-state index in [1.807, 2.05) is 13.8 Å². The molecule has 0 rings (SSSR count). The Morgan fingerprint density at radius 1 is 1.43 bits per heavy atom. The van der Waals surface area contributed by atoms with Gasteiger partial charge in [-0.15, -0.1) is 0 Å². The van der Waals surface area contributed by atoms with E-state index in [4.69, 9.17) is 16.7 Å². The first-order valence-corrected chi connectivity index (χ1v) is 4.93. The van der Waals surface area contributed by atoms with E-state index in [0.29, 0.717) is 6.54 Å². The number of carboxylic acids is 1. The molecule has 0 saturated heterocycles. The summed E-state index contributed by atoms with van der Waals surface area (Å²) in [5.41, 5.74) is 0.0965. The third kappa shape index (κ3) is 3.00. The van der Waals surface area contributed by atoms with Crippen LogP contribution in [0.3, 0.4) is 0 Å². The minimum absolute atomic E-state index is 0.491. The maximum absolute atomic E-state index is 11.0. The number of halogens is 1. The molecule has 14 heavy (non-hydrogen) atoms. The average molecular weight is 220 g/mol. The van der Waals surface area contributed by atoms with Crippen molar-refractivity contribution in [1.82, 2.24) is 5.32 Å². The summed E-state index contributed by atoms with van der Waals surface area (Å²) in [7, 11) is 0. The molecule has 4 heteroatoms. The number of carbonyl (C=O) groups is 1. The summed E-state index contributed by atoms with van der Waals surface area (Å²) in [4.78, 5) is 11.0. The summed E-state index contributed by atoms with van der Waals surface area (Å²) < 4.78 is 0. The van der Waals surface area contributed by atoms with Crippen molar-refractivity contribution in [1.29, 1.82) is 0 Å². The normalized spacial score (nSPS) is 13.5. The van der Waals surface area contributed by atoms with Crippen LogP contribution in [0.4, 0.5) is 0 Å². The number of hydrogen-bond acceptors (Lipinski definition) is 2. The van der Waals surface area contributed by atoms with Crippen LogP contribution >= 0.6 is 11.6 Å². The standard InChI is InChI=1S/C10H18ClNO2/c1-9(2,8(13)14)10(3,4)12-7-5-6-11/h5-6,12H,7H2,1-4H3,(H,13,14). The minimum atomic E-state index is -0.826. The van der Waals surface area contributed by atoms with Crippen LogP contribution in [-0.2, 0) is 4.79 Å². The van der Waals surface area contributed by atoms with Gasteiger partial charge in [0.1, 0.15) is 0 Å². The summed E-state index contributed by atoms with van der Waals surface area (Å²) in [5.74, 6) is -0.815. The molecular formula is C10H18ClNO2. The van der Waals surface area contributed by atoms with E-state index in [9.17, 15) is 4.79 Å².